The Hall–Kier alpha value is -0.580. The molecule has 0 spiro atoms. The van der Waals surface area contributed by atoms with Gasteiger partial charge < -0.3 is 15.1 Å². The second-order valence-electron chi connectivity index (χ2n) is 4.59. The maximum absolute atomic E-state index is 9.52. The van der Waals surface area contributed by atoms with Crippen LogP contribution in [0.3, 0.4) is 0 Å². The molecule has 0 heterocycles. The average Bonchev–Trinajstić information content (AvgIpc) is 2.34. The highest BCUT2D eigenvalue weighted by atomic mass is 79.9. The lowest BCUT2D eigenvalue weighted by Gasteiger charge is -2.21. The lowest BCUT2D eigenvalue weighted by Crippen LogP contribution is -2.19. The van der Waals surface area contributed by atoms with Crippen molar-refractivity contribution >= 4 is 21.6 Å². The van der Waals surface area contributed by atoms with E-state index in [-0.39, 0.29) is 6.61 Å². The molecule has 3 nitrogen and oxygen atoms in total. The normalized spacial score (nSPS) is 12.5. The molecule has 18 heavy (non-hydrogen) atoms. The summed E-state index contributed by atoms with van der Waals surface area (Å²) in [6, 6.07) is 5.94. The van der Waals surface area contributed by atoms with E-state index in [1.807, 2.05) is 18.2 Å². The Morgan fingerprint density at radius 3 is 2.56 bits per heavy atom. The molecule has 0 fully saturated rings. The third-order valence-corrected chi connectivity index (χ3v) is 3.65. The quantitative estimate of drug-likeness (QED) is 0.760. The zero-order valence-electron chi connectivity index (χ0n) is 11.1. The average molecular weight is 316 g/mol. The number of rotatable bonds is 7. The number of anilines is 1. The van der Waals surface area contributed by atoms with Gasteiger partial charge in [-0.1, -0.05) is 6.07 Å². The van der Waals surface area contributed by atoms with Crippen LogP contribution in [0.1, 0.15) is 37.9 Å². The van der Waals surface area contributed by atoms with Gasteiger partial charge in [-0.25, -0.2) is 0 Å². The van der Waals surface area contributed by atoms with Gasteiger partial charge >= 0.3 is 0 Å². The van der Waals surface area contributed by atoms with Gasteiger partial charge in [0.15, 0.2) is 0 Å². The number of hydrogen-bond donors (Lipinski definition) is 2. The summed E-state index contributed by atoms with van der Waals surface area (Å²) in [4.78, 5) is 2.19. The fourth-order valence-corrected chi connectivity index (χ4v) is 2.55. The van der Waals surface area contributed by atoms with Crippen molar-refractivity contribution in [1.82, 2.24) is 0 Å². The van der Waals surface area contributed by atoms with Gasteiger partial charge in [-0.3, -0.25) is 0 Å². The summed E-state index contributed by atoms with van der Waals surface area (Å²) in [5.74, 6) is 0. The maximum atomic E-state index is 9.52. The Labute approximate surface area is 118 Å². The lowest BCUT2D eigenvalue weighted by molar-refractivity contribution is 0.199. The Morgan fingerprint density at radius 2 is 2.00 bits per heavy atom. The fraction of sp³-hybridized carbons (Fsp3) is 0.571. The van der Waals surface area contributed by atoms with Crippen LogP contribution in [0.15, 0.2) is 22.7 Å². The highest BCUT2D eigenvalue weighted by Gasteiger charge is 2.08. The molecule has 0 saturated carbocycles. The van der Waals surface area contributed by atoms with E-state index in [2.05, 4.69) is 27.9 Å². The summed E-state index contributed by atoms with van der Waals surface area (Å²) < 4.78 is 1.01. The number of hydrogen-bond acceptors (Lipinski definition) is 3. The predicted octanol–water partition coefficient (Wildman–Crippen LogP) is 3.10. The SMILES string of the molecule is C[C@@H](O)c1ccc(N(C)CCCCCO)c(Br)c1. The van der Waals surface area contributed by atoms with Crippen LogP contribution in [0.25, 0.3) is 0 Å². The van der Waals surface area contributed by atoms with Gasteiger partial charge in [0.25, 0.3) is 0 Å². The first kappa shape index (κ1) is 15.5. The molecular weight excluding hydrogens is 294 g/mol. The van der Waals surface area contributed by atoms with Crippen molar-refractivity contribution in [2.45, 2.75) is 32.3 Å². The molecule has 0 unspecified atom stereocenters. The van der Waals surface area contributed by atoms with Crippen molar-refractivity contribution in [3.63, 3.8) is 0 Å². The molecule has 0 aliphatic heterocycles. The summed E-state index contributed by atoms with van der Waals surface area (Å²) in [6.07, 6.45) is 2.55. The molecule has 0 aliphatic rings. The van der Waals surface area contributed by atoms with Crippen LogP contribution >= 0.6 is 15.9 Å². The Balaban J connectivity index is 2.60. The van der Waals surface area contributed by atoms with Gasteiger partial charge in [-0.15, -0.1) is 0 Å². The lowest BCUT2D eigenvalue weighted by atomic mass is 10.1. The van der Waals surface area contributed by atoms with E-state index in [1.165, 1.54) is 0 Å². The van der Waals surface area contributed by atoms with E-state index in [0.29, 0.717) is 0 Å². The van der Waals surface area contributed by atoms with Crippen LogP contribution in [-0.2, 0) is 0 Å². The first-order valence-electron chi connectivity index (χ1n) is 6.35. The molecule has 4 heteroatoms. The van der Waals surface area contributed by atoms with Crippen molar-refractivity contribution in [3.05, 3.63) is 28.2 Å². The highest BCUT2D eigenvalue weighted by Crippen LogP contribution is 2.28. The number of aliphatic hydroxyl groups excluding tert-OH is 2. The molecule has 0 aromatic heterocycles. The first-order valence-corrected chi connectivity index (χ1v) is 7.15. The van der Waals surface area contributed by atoms with E-state index in [1.54, 1.807) is 6.92 Å². The molecule has 1 atom stereocenters. The van der Waals surface area contributed by atoms with Crippen LogP contribution < -0.4 is 4.90 Å². The van der Waals surface area contributed by atoms with E-state index in [4.69, 9.17) is 5.11 Å². The molecule has 0 bridgehead atoms. The molecule has 2 N–H and O–H groups in total. The third kappa shape index (κ3) is 4.59. The second kappa shape index (κ2) is 7.77. The number of benzene rings is 1. The zero-order valence-corrected chi connectivity index (χ0v) is 12.7. The summed E-state index contributed by atoms with van der Waals surface area (Å²) >= 11 is 3.55. The number of aliphatic hydroxyl groups is 2. The van der Waals surface area contributed by atoms with Gasteiger partial charge in [0.05, 0.1) is 11.8 Å². The van der Waals surface area contributed by atoms with E-state index in [9.17, 15) is 5.11 Å². The van der Waals surface area contributed by atoms with Crippen molar-refractivity contribution in [3.8, 4) is 0 Å². The summed E-state index contributed by atoms with van der Waals surface area (Å²) in [6.45, 7) is 3.00. The molecule has 0 aliphatic carbocycles. The van der Waals surface area contributed by atoms with Crippen molar-refractivity contribution in [1.29, 1.82) is 0 Å². The van der Waals surface area contributed by atoms with E-state index >= 15 is 0 Å². The van der Waals surface area contributed by atoms with Gasteiger partial charge in [0, 0.05) is 24.7 Å². The molecular formula is C14H22BrNO2. The van der Waals surface area contributed by atoms with Gasteiger partial charge in [-0.2, -0.15) is 0 Å². The molecule has 0 amide bonds. The van der Waals surface area contributed by atoms with Gasteiger partial charge in [0.1, 0.15) is 0 Å². The number of nitrogens with zero attached hydrogens (tertiary/aromatic N) is 1. The zero-order chi connectivity index (χ0) is 13.5. The second-order valence-corrected chi connectivity index (χ2v) is 5.45. The van der Waals surface area contributed by atoms with Crippen LogP contribution in [0.4, 0.5) is 5.69 Å². The fourth-order valence-electron chi connectivity index (χ4n) is 1.85. The number of unbranched alkanes of at least 4 members (excludes halogenated alkanes) is 2. The van der Waals surface area contributed by atoms with Crippen molar-refractivity contribution in [2.75, 3.05) is 25.1 Å². The molecule has 1 aromatic rings. The molecule has 0 saturated heterocycles. The predicted molar refractivity (Wildman–Crippen MR) is 79.0 cm³/mol. The van der Waals surface area contributed by atoms with E-state index in [0.717, 1.165) is 41.5 Å². The van der Waals surface area contributed by atoms with Crippen LogP contribution in [0, 0.1) is 0 Å². The topological polar surface area (TPSA) is 43.7 Å². The molecule has 1 aromatic carbocycles. The third-order valence-electron chi connectivity index (χ3n) is 3.02. The molecule has 1 rings (SSSR count). The van der Waals surface area contributed by atoms with Crippen LogP contribution in [0.2, 0.25) is 0 Å². The summed E-state index contributed by atoms with van der Waals surface area (Å²) in [5.41, 5.74) is 2.04. The van der Waals surface area contributed by atoms with Gasteiger partial charge in [-0.05, 0) is 59.8 Å². The first-order chi connectivity index (χ1) is 8.56. The Kier molecular flexibility index (Phi) is 6.68. The van der Waals surface area contributed by atoms with Gasteiger partial charge in [0.2, 0.25) is 0 Å². The minimum atomic E-state index is -0.440. The smallest absolute Gasteiger partial charge is 0.0762 e. The standard InChI is InChI=1S/C14H22BrNO2/c1-11(18)12-6-7-14(13(15)10-12)16(2)8-4-3-5-9-17/h6-7,10-11,17-18H,3-5,8-9H2,1-2H3/t11-/m1/s1. The summed E-state index contributed by atoms with van der Waals surface area (Å²) in [5, 5.41) is 18.3. The monoisotopic (exact) mass is 315 g/mol. The molecule has 102 valence electrons. The Morgan fingerprint density at radius 1 is 1.28 bits per heavy atom. The molecule has 0 radical (unpaired) electrons. The highest BCUT2D eigenvalue weighted by molar-refractivity contribution is 9.10. The Bertz CT molecular complexity index is 369. The van der Waals surface area contributed by atoms with Crippen LogP contribution in [-0.4, -0.2) is 30.4 Å². The minimum absolute atomic E-state index is 0.274. The largest absolute Gasteiger partial charge is 0.396 e. The van der Waals surface area contributed by atoms with E-state index < -0.39 is 6.10 Å². The van der Waals surface area contributed by atoms with Crippen molar-refractivity contribution in [2.24, 2.45) is 0 Å². The minimum Gasteiger partial charge on any atom is -0.396 e. The van der Waals surface area contributed by atoms with Crippen LogP contribution in [0.5, 0.6) is 0 Å². The van der Waals surface area contributed by atoms with Crippen molar-refractivity contribution < 1.29 is 10.2 Å². The maximum Gasteiger partial charge on any atom is 0.0762 e. The number of halogens is 1. The summed E-state index contributed by atoms with van der Waals surface area (Å²) in [7, 11) is 2.06.